The van der Waals surface area contributed by atoms with Crippen LogP contribution in [-0.4, -0.2) is 59.5 Å². The summed E-state index contributed by atoms with van der Waals surface area (Å²) in [5, 5.41) is 9.12. The fourth-order valence-corrected chi connectivity index (χ4v) is 4.63. The zero-order valence-corrected chi connectivity index (χ0v) is 21.0. The predicted octanol–water partition coefficient (Wildman–Crippen LogP) is 2.39. The molecule has 0 radical (unpaired) electrons. The van der Waals surface area contributed by atoms with Crippen LogP contribution in [0.5, 0.6) is 0 Å². The largest absolute Gasteiger partial charge is 0.356 e. The summed E-state index contributed by atoms with van der Waals surface area (Å²) in [5.74, 6) is 2.02. The van der Waals surface area contributed by atoms with Gasteiger partial charge in [0.25, 0.3) is 0 Å². The van der Waals surface area contributed by atoms with Crippen LogP contribution >= 0.6 is 0 Å². The van der Waals surface area contributed by atoms with Crippen molar-refractivity contribution in [3.63, 3.8) is 0 Å². The first-order valence-electron chi connectivity index (χ1n) is 12.7. The van der Waals surface area contributed by atoms with Gasteiger partial charge in [0.05, 0.1) is 24.3 Å². The minimum Gasteiger partial charge on any atom is -0.356 e. The molecule has 0 bridgehead atoms. The average molecular weight is 501 g/mol. The lowest BCUT2D eigenvalue weighted by Crippen LogP contribution is -2.48. The highest BCUT2D eigenvalue weighted by atomic mass is 16.2. The van der Waals surface area contributed by atoms with E-state index in [2.05, 4.69) is 49.9 Å². The van der Waals surface area contributed by atoms with E-state index in [0.717, 1.165) is 48.8 Å². The molecule has 37 heavy (non-hydrogen) atoms. The van der Waals surface area contributed by atoms with E-state index >= 15 is 0 Å². The lowest BCUT2D eigenvalue weighted by Gasteiger charge is -2.33. The van der Waals surface area contributed by atoms with Gasteiger partial charge in [0.15, 0.2) is 0 Å². The van der Waals surface area contributed by atoms with Crippen LogP contribution in [0.25, 0.3) is 0 Å². The number of aryl methyl sites for hydroxylation is 1. The van der Waals surface area contributed by atoms with Crippen LogP contribution in [0, 0.1) is 12.8 Å². The number of anilines is 4. The van der Waals surface area contributed by atoms with Crippen LogP contribution < -0.4 is 25.8 Å². The molecule has 1 atom stereocenters. The quantitative estimate of drug-likeness (QED) is 0.453. The second-order valence-corrected chi connectivity index (χ2v) is 9.53. The highest BCUT2D eigenvalue weighted by molar-refractivity contribution is 5.82. The molecule has 2 fully saturated rings. The van der Waals surface area contributed by atoms with Gasteiger partial charge in [-0.2, -0.15) is 4.98 Å². The van der Waals surface area contributed by atoms with E-state index in [4.69, 9.17) is 4.98 Å². The molecule has 10 nitrogen and oxygen atoms in total. The van der Waals surface area contributed by atoms with Crippen molar-refractivity contribution < 1.29 is 9.59 Å². The number of piperazine rings is 1. The van der Waals surface area contributed by atoms with Gasteiger partial charge in [-0.15, -0.1) is 0 Å². The molecule has 3 aromatic rings. The smallest absolute Gasteiger partial charge is 0.239 e. The number of benzene rings is 1. The Morgan fingerprint density at radius 3 is 2.70 bits per heavy atom. The van der Waals surface area contributed by atoms with Gasteiger partial charge in [-0.1, -0.05) is 29.8 Å². The summed E-state index contributed by atoms with van der Waals surface area (Å²) in [6.45, 7) is 5.72. The first kappa shape index (κ1) is 24.5. The molecule has 2 aliphatic heterocycles. The molecule has 192 valence electrons. The lowest BCUT2D eigenvalue weighted by atomic mass is 9.97. The van der Waals surface area contributed by atoms with Crippen molar-refractivity contribution in [2.75, 3.05) is 47.8 Å². The van der Waals surface area contributed by atoms with Gasteiger partial charge in [-0.3, -0.25) is 9.59 Å². The normalized spacial score (nSPS) is 17.8. The van der Waals surface area contributed by atoms with Crippen molar-refractivity contribution in [2.24, 2.45) is 5.92 Å². The maximum atomic E-state index is 12.9. The van der Waals surface area contributed by atoms with Crippen LogP contribution in [0.2, 0.25) is 0 Å². The molecule has 2 aliphatic rings. The zero-order valence-electron chi connectivity index (χ0n) is 21.0. The van der Waals surface area contributed by atoms with E-state index in [0.29, 0.717) is 32.1 Å². The highest BCUT2D eigenvalue weighted by Crippen LogP contribution is 2.24. The molecule has 0 unspecified atom stereocenters. The minimum absolute atomic E-state index is 0.00386. The standard InChI is InChI=1S/C27H32N8O2/c1-19-4-6-20(7-5-19)15-31-26(37)21-3-2-13-34(17-21)24-10-11-29-27(33-24)32-22-8-9-23(30-16-22)35-14-12-28-25(36)18-35/h4-11,16,21H,2-3,12-15,17-18H2,1H3,(H,28,36)(H,31,37)(H,29,32,33)/t21-/m0/s1. The number of nitrogens with one attached hydrogen (secondary N) is 3. The van der Waals surface area contributed by atoms with E-state index in [-0.39, 0.29) is 17.7 Å². The van der Waals surface area contributed by atoms with E-state index < -0.39 is 0 Å². The zero-order chi connectivity index (χ0) is 25.6. The summed E-state index contributed by atoms with van der Waals surface area (Å²) in [7, 11) is 0. The van der Waals surface area contributed by atoms with E-state index in [1.165, 1.54) is 5.56 Å². The molecule has 2 amide bonds. The molecular weight excluding hydrogens is 468 g/mol. The van der Waals surface area contributed by atoms with Crippen LogP contribution in [0.1, 0.15) is 24.0 Å². The summed E-state index contributed by atoms with van der Waals surface area (Å²) in [6, 6.07) is 13.9. The number of aromatic nitrogens is 3. The predicted molar refractivity (Wildman–Crippen MR) is 143 cm³/mol. The summed E-state index contributed by atoms with van der Waals surface area (Å²) < 4.78 is 0. The van der Waals surface area contributed by atoms with E-state index in [9.17, 15) is 9.59 Å². The molecular formula is C27H32N8O2. The van der Waals surface area contributed by atoms with Crippen molar-refractivity contribution in [1.29, 1.82) is 0 Å². The van der Waals surface area contributed by atoms with Crippen LogP contribution in [0.15, 0.2) is 54.9 Å². The molecule has 0 aliphatic carbocycles. The Balaban J connectivity index is 1.18. The number of hydrogen-bond acceptors (Lipinski definition) is 8. The fraction of sp³-hybridized carbons (Fsp3) is 0.370. The molecule has 0 saturated carbocycles. The maximum absolute atomic E-state index is 12.9. The molecule has 2 aromatic heterocycles. The van der Waals surface area contributed by atoms with Crippen LogP contribution in [0.4, 0.5) is 23.3 Å². The van der Waals surface area contributed by atoms with Crippen molar-refractivity contribution in [2.45, 2.75) is 26.3 Å². The van der Waals surface area contributed by atoms with Crippen molar-refractivity contribution in [3.8, 4) is 0 Å². The number of pyridine rings is 1. The third kappa shape index (κ3) is 6.32. The Kier molecular flexibility index (Phi) is 7.43. The number of nitrogens with zero attached hydrogens (tertiary/aromatic N) is 5. The molecule has 10 heteroatoms. The first-order valence-corrected chi connectivity index (χ1v) is 12.7. The van der Waals surface area contributed by atoms with Crippen molar-refractivity contribution in [3.05, 3.63) is 66.0 Å². The van der Waals surface area contributed by atoms with E-state index in [1.807, 2.05) is 35.2 Å². The Bertz CT molecular complexity index is 1230. The van der Waals surface area contributed by atoms with Crippen molar-refractivity contribution in [1.82, 2.24) is 25.6 Å². The molecule has 0 spiro atoms. The fourth-order valence-electron chi connectivity index (χ4n) is 4.63. The number of rotatable bonds is 7. The number of piperidine rings is 1. The minimum atomic E-state index is -0.0841. The molecule has 3 N–H and O–H groups in total. The first-order chi connectivity index (χ1) is 18.0. The molecule has 2 saturated heterocycles. The summed E-state index contributed by atoms with van der Waals surface area (Å²) >= 11 is 0. The van der Waals surface area contributed by atoms with Gasteiger partial charge in [-0.25, -0.2) is 9.97 Å². The van der Waals surface area contributed by atoms with Crippen LogP contribution in [0.3, 0.4) is 0 Å². The number of carbonyl (C=O) groups excluding carboxylic acids is 2. The van der Waals surface area contributed by atoms with Gasteiger partial charge in [-0.05, 0) is 43.5 Å². The average Bonchev–Trinajstić information content (AvgIpc) is 2.93. The highest BCUT2D eigenvalue weighted by Gasteiger charge is 2.26. The Labute approximate surface area is 216 Å². The third-order valence-corrected chi connectivity index (χ3v) is 6.71. The van der Waals surface area contributed by atoms with Gasteiger partial charge in [0.1, 0.15) is 11.6 Å². The topological polar surface area (TPSA) is 115 Å². The Hall–Kier alpha value is -4.21. The number of carbonyl (C=O) groups is 2. The van der Waals surface area contributed by atoms with Gasteiger partial charge in [0, 0.05) is 38.9 Å². The lowest BCUT2D eigenvalue weighted by molar-refractivity contribution is -0.125. The number of amides is 2. The molecule has 5 rings (SSSR count). The molecule has 1 aromatic carbocycles. The third-order valence-electron chi connectivity index (χ3n) is 6.71. The summed E-state index contributed by atoms with van der Waals surface area (Å²) in [4.78, 5) is 42.1. The second-order valence-electron chi connectivity index (χ2n) is 9.53. The Morgan fingerprint density at radius 2 is 1.92 bits per heavy atom. The monoisotopic (exact) mass is 500 g/mol. The van der Waals surface area contributed by atoms with Gasteiger partial charge >= 0.3 is 0 Å². The van der Waals surface area contributed by atoms with Gasteiger partial charge < -0.3 is 25.8 Å². The SMILES string of the molecule is Cc1ccc(CNC(=O)[C@H]2CCCN(c3ccnc(Nc4ccc(N5CCNC(=O)C5)nc4)n3)C2)cc1. The van der Waals surface area contributed by atoms with Crippen LogP contribution in [-0.2, 0) is 16.1 Å². The maximum Gasteiger partial charge on any atom is 0.239 e. The Morgan fingerprint density at radius 1 is 1.05 bits per heavy atom. The van der Waals surface area contributed by atoms with Gasteiger partial charge in [0.2, 0.25) is 17.8 Å². The number of hydrogen-bond donors (Lipinski definition) is 3. The summed E-state index contributed by atoms with van der Waals surface area (Å²) in [6.07, 6.45) is 5.23. The van der Waals surface area contributed by atoms with Crippen molar-refractivity contribution >= 4 is 35.1 Å². The van der Waals surface area contributed by atoms with E-state index in [1.54, 1.807) is 12.4 Å². The second kappa shape index (κ2) is 11.2. The summed E-state index contributed by atoms with van der Waals surface area (Å²) in [5.41, 5.74) is 3.06. The molecule has 4 heterocycles.